The molecule has 53 heavy (non-hydrogen) atoms. The summed E-state index contributed by atoms with van der Waals surface area (Å²) in [5.74, 6) is -6.78. The topological polar surface area (TPSA) is 194 Å². The first-order chi connectivity index (χ1) is 25.3. The maximum absolute atomic E-state index is 14.5. The molecule has 264 valence electrons. The lowest BCUT2D eigenvalue weighted by molar-refractivity contribution is -0.384. The molecule has 2 fully saturated rings. The summed E-state index contributed by atoms with van der Waals surface area (Å²) in [6, 6.07) is 17.6. The Bertz CT molecular complexity index is 2560. The Kier molecular flexibility index (Phi) is 7.75. The molecule has 13 nitrogen and oxygen atoms in total. The van der Waals surface area contributed by atoms with Crippen molar-refractivity contribution in [3.05, 3.63) is 155 Å². The number of hydrogen-bond acceptors (Lipinski definition) is 10. The number of amides is 2. The highest BCUT2D eigenvalue weighted by Gasteiger charge is 2.68. The van der Waals surface area contributed by atoms with E-state index in [1.54, 1.807) is 37.3 Å². The largest absolute Gasteiger partial charge is 0.480 e. The van der Waals surface area contributed by atoms with Crippen LogP contribution in [0.25, 0.3) is 11.0 Å². The number of likely N-dealkylation sites (tertiary alicyclic amines) is 1. The molecular formula is C39H26ClN3O10. The number of ketones is 2. The quantitative estimate of drug-likeness (QED) is 0.128. The number of carbonyl (C=O) groups excluding carboxylic acids is 4. The second-order valence-corrected chi connectivity index (χ2v) is 13.9. The number of halogens is 1. The number of carbonyl (C=O) groups is 5. The van der Waals surface area contributed by atoms with Gasteiger partial charge in [0.15, 0.2) is 17.0 Å². The Morgan fingerprint density at radius 2 is 1.55 bits per heavy atom. The number of nitrogens with one attached hydrogen (secondary N) is 1. The molecule has 0 radical (unpaired) electrons. The number of aryl methyl sites for hydroxylation is 1. The van der Waals surface area contributed by atoms with Gasteiger partial charge in [-0.15, -0.1) is 0 Å². The van der Waals surface area contributed by atoms with Crippen molar-refractivity contribution in [1.29, 1.82) is 0 Å². The second-order valence-electron chi connectivity index (χ2n) is 13.5. The highest BCUT2D eigenvalue weighted by atomic mass is 35.5. The van der Waals surface area contributed by atoms with Gasteiger partial charge in [-0.05, 0) is 47.9 Å². The normalized spacial score (nSPS) is 21.8. The fourth-order valence-electron chi connectivity index (χ4n) is 7.89. The smallest absolute Gasteiger partial charge is 0.325 e. The Morgan fingerprint density at radius 3 is 2.21 bits per heavy atom. The summed E-state index contributed by atoms with van der Waals surface area (Å²) < 4.78 is 5.80. The van der Waals surface area contributed by atoms with E-state index in [0.717, 1.165) is 11.2 Å². The van der Waals surface area contributed by atoms with E-state index < -0.39 is 57.3 Å². The Labute approximate surface area is 303 Å². The zero-order valence-electron chi connectivity index (χ0n) is 27.6. The van der Waals surface area contributed by atoms with Gasteiger partial charge in [0.05, 0.1) is 46.6 Å². The van der Waals surface area contributed by atoms with Gasteiger partial charge >= 0.3 is 5.97 Å². The fraction of sp³-hybridized carbons (Fsp3) is 0.179. The summed E-state index contributed by atoms with van der Waals surface area (Å²) in [6.45, 7) is 1.37. The van der Waals surface area contributed by atoms with E-state index >= 15 is 0 Å². The number of carboxylic acids is 1. The van der Waals surface area contributed by atoms with E-state index in [0.29, 0.717) is 16.7 Å². The Hall–Kier alpha value is -6.31. The monoisotopic (exact) mass is 731 g/mol. The van der Waals surface area contributed by atoms with Crippen molar-refractivity contribution in [3.63, 3.8) is 0 Å². The van der Waals surface area contributed by atoms with Gasteiger partial charge in [0.1, 0.15) is 11.1 Å². The van der Waals surface area contributed by atoms with Gasteiger partial charge in [-0.3, -0.25) is 49.1 Å². The predicted molar refractivity (Wildman–Crippen MR) is 188 cm³/mol. The average Bonchev–Trinajstić information content (AvgIpc) is 3.61. The van der Waals surface area contributed by atoms with Gasteiger partial charge in [-0.25, -0.2) is 0 Å². The third-order valence-corrected chi connectivity index (χ3v) is 10.9. The van der Waals surface area contributed by atoms with Crippen molar-refractivity contribution >= 4 is 57.6 Å². The number of nitrogens with zero attached hydrogens (tertiary/aromatic N) is 2. The SMILES string of the molecule is Cc1cc2occ(C3NC(Cc4ccc([N+](=O)[O-])cc4)(C(=O)O)C4C(=O)N(Cc5ccc6c(c5)C(=O)c5ccccc5C6=O)C(=O)C34)c(=O)c2cc1Cl. The molecule has 8 rings (SSSR count). The van der Waals surface area contributed by atoms with Crippen molar-refractivity contribution in [2.24, 2.45) is 11.8 Å². The summed E-state index contributed by atoms with van der Waals surface area (Å²) in [4.78, 5) is 94.5. The molecule has 0 bridgehead atoms. The molecule has 3 aliphatic rings. The van der Waals surface area contributed by atoms with Crippen molar-refractivity contribution in [2.45, 2.75) is 31.5 Å². The van der Waals surface area contributed by atoms with Crippen molar-refractivity contribution in [3.8, 4) is 0 Å². The maximum Gasteiger partial charge on any atom is 0.325 e. The molecule has 14 heteroatoms. The molecule has 1 aromatic heterocycles. The molecule has 0 saturated carbocycles. The Balaban J connectivity index is 1.22. The van der Waals surface area contributed by atoms with Crippen LogP contribution in [0.3, 0.4) is 0 Å². The van der Waals surface area contributed by atoms with Crippen LogP contribution in [0.5, 0.6) is 0 Å². The highest BCUT2D eigenvalue weighted by Crippen LogP contribution is 2.50. The zero-order chi connectivity index (χ0) is 37.5. The lowest BCUT2D eigenvalue weighted by Crippen LogP contribution is -2.57. The molecule has 0 spiro atoms. The summed E-state index contributed by atoms with van der Waals surface area (Å²) in [6.07, 6.45) is 0.755. The van der Waals surface area contributed by atoms with Gasteiger partial charge in [0.2, 0.25) is 11.8 Å². The molecular weight excluding hydrogens is 706 g/mol. The van der Waals surface area contributed by atoms with Crippen LogP contribution in [0.2, 0.25) is 5.02 Å². The molecule has 2 aliphatic heterocycles. The van der Waals surface area contributed by atoms with Crippen molar-refractivity contribution < 1.29 is 38.4 Å². The van der Waals surface area contributed by atoms with Crippen LogP contribution >= 0.6 is 11.6 Å². The van der Waals surface area contributed by atoms with Crippen molar-refractivity contribution in [2.75, 3.05) is 0 Å². The number of fused-ring (bicyclic) bond motifs is 4. The highest BCUT2D eigenvalue weighted by molar-refractivity contribution is 6.32. The van der Waals surface area contributed by atoms with Crippen LogP contribution in [0, 0.1) is 28.9 Å². The summed E-state index contributed by atoms with van der Waals surface area (Å²) in [7, 11) is 0. The van der Waals surface area contributed by atoms with Gasteiger partial charge < -0.3 is 9.52 Å². The van der Waals surface area contributed by atoms with E-state index in [1.807, 2.05) is 0 Å². The third kappa shape index (κ3) is 5.11. The summed E-state index contributed by atoms with van der Waals surface area (Å²) in [5.41, 5.74) is -0.812. The van der Waals surface area contributed by atoms with Gasteiger partial charge in [0.25, 0.3) is 5.69 Å². The van der Waals surface area contributed by atoms with Gasteiger partial charge in [-0.2, -0.15) is 0 Å². The molecule has 3 heterocycles. The molecule has 5 aromatic rings. The standard InChI is InChI=1S/C39H26ClN3O10/c1-18-12-29-26(14-28(18)40)35(46)27(17-53-29)32-30-31(39(41-32,38(49)50)15-19-6-9-21(10-7-19)43(51)52)37(48)42(36(30)47)16-20-8-11-24-25(13-20)34(45)23-5-3-2-4-22(23)33(24)44/h2-14,17,30-32,41H,15-16H2,1H3,(H,49,50). The van der Waals surface area contributed by atoms with Crippen LogP contribution in [-0.4, -0.2) is 49.8 Å². The molecule has 2 N–H and O–H groups in total. The molecule has 2 amide bonds. The van der Waals surface area contributed by atoms with E-state index in [1.165, 1.54) is 48.5 Å². The van der Waals surface area contributed by atoms with E-state index in [9.17, 15) is 44.0 Å². The molecule has 2 saturated heterocycles. The van der Waals surface area contributed by atoms with E-state index in [-0.39, 0.29) is 68.2 Å². The molecule has 1 aliphatic carbocycles. The second kappa shape index (κ2) is 12.1. The minimum atomic E-state index is -2.17. The summed E-state index contributed by atoms with van der Waals surface area (Å²) >= 11 is 6.33. The first kappa shape index (κ1) is 33.8. The van der Waals surface area contributed by atoms with Gasteiger partial charge in [0, 0.05) is 45.8 Å². The van der Waals surface area contributed by atoms with E-state index in [4.69, 9.17) is 16.0 Å². The Morgan fingerprint density at radius 1 is 0.906 bits per heavy atom. The number of aliphatic carboxylic acids is 1. The fourth-order valence-corrected chi connectivity index (χ4v) is 8.05. The molecule has 4 atom stereocenters. The lowest BCUT2D eigenvalue weighted by atomic mass is 9.76. The molecule has 4 aromatic carbocycles. The number of nitro benzene ring substituents is 1. The lowest BCUT2D eigenvalue weighted by Gasteiger charge is -2.31. The van der Waals surface area contributed by atoms with Crippen LogP contribution < -0.4 is 10.7 Å². The zero-order valence-corrected chi connectivity index (χ0v) is 28.4. The number of hydrogen-bond donors (Lipinski definition) is 2. The number of benzene rings is 4. The van der Waals surface area contributed by atoms with E-state index in [2.05, 4.69) is 5.32 Å². The number of imide groups is 1. The maximum atomic E-state index is 14.5. The number of nitro groups is 1. The number of non-ortho nitro benzene ring substituents is 1. The predicted octanol–water partition coefficient (Wildman–Crippen LogP) is 4.95. The number of carboxylic acid groups (broad SMARTS) is 1. The first-order valence-corrected chi connectivity index (χ1v) is 16.8. The summed E-state index contributed by atoms with van der Waals surface area (Å²) in [5, 5.41) is 25.5. The van der Waals surface area contributed by atoms with Crippen molar-refractivity contribution in [1.82, 2.24) is 10.2 Å². The van der Waals surface area contributed by atoms with Crippen LogP contribution in [0.4, 0.5) is 5.69 Å². The minimum Gasteiger partial charge on any atom is -0.480 e. The minimum absolute atomic E-state index is 0.0862. The van der Waals surface area contributed by atoms with Gasteiger partial charge in [-0.1, -0.05) is 54.1 Å². The average molecular weight is 732 g/mol. The third-order valence-electron chi connectivity index (χ3n) is 10.5. The molecule has 4 unspecified atom stereocenters. The first-order valence-electron chi connectivity index (χ1n) is 16.4. The van der Waals surface area contributed by atoms with Crippen LogP contribution in [0.1, 0.15) is 60.1 Å². The van der Waals surface area contributed by atoms with Crippen LogP contribution in [-0.2, 0) is 27.3 Å². The number of rotatable bonds is 7. The van der Waals surface area contributed by atoms with Crippen LogP contribution in [0.15, 0.2) is 94.3 Å².